The van der Waals surface area contributed by atoms with Gasteiger partial charge in [-0.1, -0.05) is 0 Å². The van der Waals surface area contributed by atoms with Gasteiger partial charge in [0, 0.05) is 31.0 Å². The molecule has 10 nitrogen and oxygen atoms in total. The summed E-state index contributed by atoms with van der Waals surface area (Å²) in [6, 6.07) is 5.26. The van der Waals surface area contributed by atoms with Gasteiger partial charge in [0.2, 0.25) is 0 Å². The summed E-state index contributed by atoms with van der Waals surface area (Å²) in [4.78, 5) is 26.7. The first-order chi connectivity index (χ1) is 14.0. The summed E-state index contributed by atoms with van der Waals surface area (Å²) < 4.78 is 7.41. The number of aromatic amines is 1. The van der Waals surface area contributed by atoms with Crippen molar-refractivity contribution in [3.05, 3.63) is 59.1 Å². The standard InChI is InChI=1S/C19H22N6O4/c1-12(26)9-20-18(27)17-14-5-8-24(11-15(14)22-23-17)19(28)16-4-3-13(29-16)10-25-7-2-6-21-25/h2-4,6-7,12,26H,5,8-11H2,1H3,(H,20,27)(H,22,23). The Balaban J connectivity index is 1.42. The van der Waals surface area contributed by atoms with Gasteiger partial charge in [-0.15, -0.1) is 0 Å². The van der Waals surface area contributed by atoms with Crippen LogP contribution in [-0.2, 0) is 19.5 Å². The lowest BCUT2D eigenvalue weighted by Crippen LogP contribution is -2.37. The first-order valence-corrected chi connectivity index (χ1v) is 9.39. The average molecular weight is 398 g/mol. The van der Waals surface area contributed by atoms with Gasteiger partial charge < -0.3 is 19.7 Å². The van der Waals surface area contributed by atoms with Crippen LogP contribution in [0, 0.1) is 0 Å². The molecule has 4 rings (SSSR count). The van der Waals surface area contributed by atoms with Crippen LogP contribution in [0.4, 0.5) is 0 Å². The normalized spacial score (nSPS) is 14.5. The van der Waals surface area contributed by atoms with Crippen LogP contribution >= 0.6 is 0 Å². The third kappa shape index (κ3) is 4.06. The maximum Gasteiger partial charge on any atom is 0.289 e. The fraction of sp³-hybridized carbons (Fsp3) is 0.368. The topological polar surface area (TPSA) is 129 Å². The molecule has 152 valence electrons. The number of aliphatic hydroxyl groups is 1. The summed E-state index contributed by atoms with van der Waals surface area (Å²) in [5, 5.41) is 23.0. The Morgan fingerprint density at radius 2 is 2.28 bits per heavy atom. The minimum Gasteiger partial charge on any atom is -0.454 e. The average Bonchev–Trinajstić information content (AvgIpc) is 3.46. The molecule has 2 amide bonds. The van der Waals surface area contributed by atoms with E-state index in [-0.39, 0.29) is 24.1 Å². The molecule has 10 heteroatoms. The van der Waals surface area contributed by atoms with E-state index in [0.717, 1.165) is 11.3 Å². The largest absolute Gasteiger partial charge is 0.454 e. The van der Waals surface area contributed by atoms with Gasteiger partial charge in [0.25, 0.3) is 11.8 Å². The van der Waals surface area contributed by atoms with Crippen LogP contribution in [0.1, 0.15) is 45.0 Å². The molecule has 3 aromatic heterocycles. The van der Waals surface area contributed by atoms with E-state index in [9.17, 15) is 14.7 Å². The minimum absolute atomic E-state index is 0.157. The second kappa shape index (κ2) is 7.92. The predicted molar refractivity (Wildman–Crippen MR) is 101 cm³/mol. The van der Waals surface area contributed by atoms with Crippen LogP contribution in [-0.4, -0.2) is 61.0 Å². The number of hydrogen-bond acceptors (Lipinski definition) is 6. The number of rotatable bonds is 6. The van der Waals surface area contributed by atoms with E-state index in [2.05, 4.69) is 20.6 Å². The van der Waals surface area contributed by atoms with E-state index in [4.69, 9.17) is 4.42 Å². The third-order valence-corrected chi connectivity index (χ3v) is 4.74. The van der Waals surface area contributed by atoms with Crippen molar-refractivity contribution in [2.24, 2.45) is 0 Å². The van der Waals surface area contributed by atoms with E-state index in [1.807, 2.05) is 12.3 Å². The molecule has 1 aliphatic rings. The van der Waals surface area contributed by atoms with Crippen LogP contribution in [0.25, 0.3) is 0 Å². The van der Waals surface area contributed by atoms with Crippen molar-refractivity contribution in [1.29, 1.82) is 0 Å². The lowest BCUT2D eigenvalue weighted by Gasteiger charge is -2.26. The number of carbonyl (C=O) groups excluding carboxylic acids is 2. The number of nitrogens with zero attached hydrogens (tertiary/aromatic N) is 4. The lowest BCUT2D eigenvalue weighted by atomic mass is 10.0. The first-order valence-electron chi connectivity index (χ1n) is 9.39. The highest BCUT2D eigenvalue weighted by atomic mass is 16.4. The van der Waals surface area contributed by atoms with Gasteiger partial charge in [-0.05, 0) is 31.5 Å². The van der Waals surface area contributed by atoms with Crippen molar-refractivity contribution >= 4 is 11.8 Å². The van der Waals surface area contributed by atoms with E-state index in [0.29, 0.717) is 37.5 Å². The van der Waals surface area contributed by atoms with Crippen molar-refractivity contribution in [3.63, 3.8) is 0 Å². The predicted octanol–water partition coefficient (Wildman–Crippen LogP) is 0.557. The molecule has 0 aliphatic carbocycles. The van der Waals surface area contributed by atoms with Crippen LogP contribution in [0.2, 0.25) is 0 Å². The minimum atomic E-state index is -0.631. The summed E-state index contributed by atoms with van der Waals surface area (Å²) >= 11 is 0. The molecular formula is C19H22N6O4. The van der Waals surface area contributed by atoms with Crippen LogP contribution in [0.5, 0.6) is 0 Å². The van der Waals surface area contributed by atoms with Crippen molar-refractivity contribution in [1.82, 2.24) is 30.2 Å². The van der Waals surface area contributed by atoms with Gasteiger partial charge in [0.05, 0.1) is 24.9 Å². The molecule has 0 aromatic carbocycles. The molecular weight excluding hydrogens is 376 g/mol. The Morgan fingerprint density at radius 1 is 1.41 bits per heavy atom. The Bertz CT molecular complexity index is 1000. The first kappa shape index (κ1) is 18.9. The van der Waals surface area contributed by atoms with Gasteiger partial charge in [-0.2, -0.15) is 10.2 Å². The molecule has 0 spiro atoms. The summed E-state index contributed by atoms with van der Waals surface area (Å²) in [6.45, 7) is 2.98. The molecule has 1 unspecified atom stereocenters. The fourth-order valence-corrected chi connectivity index (χ4v) is 3.29. The smallest absolute Gasteiger partial charge is 0.289 e. The van der Waals surface area contributed by atoms with Gasteiger partial charge in [-0.3, -0.25) is 19.4 Å². The maximum absolute atomic E-state index is 12.8. The number of furan rings is 1. The number of carbonyl (C=O) groups is 2. The van der Waals surface area contributed by atoms with Crippen molar-refractivity contribution in [2.75, 3.05) is 13.1 Å². The van der Waals surface area contributed by atoms with Crippen LogP contribution < -0.4 is 5.32 Å². The summed E-state index contributed by atoms with van der Waals surface area (Å²) in [6.07, 6.45) is 3.39. The number of H-pyrrole nitrogens is 1. The van der Waals surface area contributed by atoms with Gasteiger partial charge in [0.15, 0.2) is 11.5 Å². The molecule has 29 heavy (non-hydrogen) atoms. The summed E-state index contributed by atoms with van der Waals surface area (Å²) in [7, 11) is 0. The molecule has 0 bridgehead atoms. The summed E-state index contributed by atoms with van der Waals surface area (Å²) in [5.41, 5.74) is 1.85. The van der Waals surface area contributed by atoms with Crippen molar-refractivity contribution < 1.29 is 19.1 Å². The summed E-state index contributed by atoms with van der Waals surface area (Å²) in [5.74, 6) is 0.368. The number of hydrogen-bond donors (Lipinski definition) is 3. The Kier molecular flexibility index (Phi) is 5.17. The number of fused-ring (bicyclic) bond motifs is 1. The maximum atomic E-state index is 12.8. The zero-order valence-corrected chi connectivity index (χ0v) is 16.0. The van der Waals surface area contributed by atoms with Crippen molar-refractivity contribution in [2.45, 2.75) is 32.5 Å². The van der Waals surface area contributed by atoms with Gasteiger partial charge in [0.1, 0.15) is 5.76 Å². The molecule has 3 N–H and O–H groups in total. The van der Waals surface area contributed by atoms with Crippen molar-refractivity contribution in [3.8, 4) is 0 Å². The number of aliphatic hydroxyl groups excluding tert-OH is 1. The molecule has 0 saturated carbocycles. The monoisotopic (exact) mass is 398 g/mol. The fourth-order valence-electron chi connectivity index (χ4n) is 3.29. The van der Waals surface area contributed by atoms with E-state index in [1.54, 1.807) is 34.8 Å². The third-order valence-electron chi connectivity index (χ3n) is 4.74. The molecule has 0 radical (unpaired) electrons. The highest BCUT2D eigenvalue weighted by Crippen LogP contribution is 2.22. The quantitative estimate of drug-likeness (QED) is 0.556. The Labute approximate surface area is 166 Å². The van der Waals surface area contributed by atoms with E-state index < -0.39 is 6.10 Å². The molecule has 0 saturated heterocycles. The zero-order chi connectivity index (χ0) is 20.4. The molecule has 1 aliphatic heterocycles. The van der Waals surface area contributed by atoms with Crippen LogP contribution in [0.15, 0.2) is 35.0 Å². The SMILES string of the molecule is CC(O)CNC(=O)c1n[nH]c2c1CCN(C(=O)c1ccc(Cn3cccn3)o1)C2. The second-order valence-electron chi connectivity index (χ2n) is 7.03. The van der Waals surface area contributed by atoms with Gasteiger partial charge >= 0.3 is 0 Å². The number of nitrogens with one attached hydrogen (secondary N) is 2. The molecule has 0 fully saturated rings. The lowest BCUT2D eigenvalue weighted by molar-refractivity contribution is 0.0698. The Hall–Kier alpha value is -3.40. The second-order valence-corrected chi connectivity index (χ2v) is 7.03. The Morgan fingerprint density at radius 3 is 3.03 bits per heavy atom. The van der Waals surface area contributed by atoms with E-state index >= 15 is 0 Å². The highest BCUT2D eigenvalue weighted by Gasteiger charge is 2.29. The highest BCUT2D eigenvalue weighted by molar-refractivity contribution is 5.94. The number of amides is 2. The molecule has 4 heterocycles. The zero-order valence-electron chi connectivity index (χ0n) is 16.0. The molecule has 1 atom stereocenters. The van der Waals surface area contributed by atoms with Gasteiger partial charge in [-0.25, -0.2) is 0 Å². The van der Waals surface area contributed by atoms with E-state index in [1.165, 1.54) is 0 Å². The van der Waals surface area contributed by atoms with Crippen LogP contribution in [0.3, 0.4) is 0 Å². The number of aromatic nitrogens is 4. The molecule has 3 aromatic rings.